The fourth-order valence-electron chi connectivity index (χ4n) is 1.23. The van der Waals surface area contributed by atoms with E-state index in [1.165, 1.54) is 37.7 Å². The lowest BCUT2D eigenvalue weighted by Crippen LogP contribution is -2.40. The maximum Gasteiger partial charge on any atom is 0.335 e. The van der Waals surface area contributed by atoms with Crippen molar-refractivity contribution < 1.29 is 9.47 Å². The van der Waals surface area contributed by atoms with Crippen LogP contribution in [0.3, 0.4) is 0 Å². The second-order valence-electron chi connectivity index (χ2n) is 2.95. The molecular formula is C10H13N2O4. The highest BCUT2D eigenvalue weighted by Crippen LogP contribution is 1.96. The standard InChI is InChI=1S/C10H13N2O4/c1-4-8-5-9(13)12(7-16-3)10(14)11(8)6-15-2/h4-6H,1,7H2,2-3H3. The molecule has 0 bridgehead atoms. The number of rotatable bonds is 5. The summed E-state index contributed by atoms with van der Waals surface area (Å²) in [5.74, 6) is 0. The molecule has 0 spiro atoms. The van der Waals surface area contributed by atoms with Crippen molar-refractivity contribution in [2.75, 3.05) is 14.2 Å². The molecule has 1 heterocycles. The van der Waals surface area contributed by atoms with Crippen molar-refractivity contribution in [3.63, 3.8) is 0 Å². The quantitative estimate of drug-likeness (QED) is 0.700. The van der Waals surface area contributed by atoms with Gasteiger partial charge in [0.2, 0.25) is 0 Å². The normalized spacial score (nSPS) is 10.4. The SMILES string of the molecule is C=Cc1cc(=O)n(COC)c(=O)n1[CH]OC. The highest BCUT2D eigenvalue weighted by atomic mass is 16.5. The molecule has 6 heteroatoms. The summed E-state index contributed by atoms with van der Waals surface area (Å²) in [5, 5.41) is 0. The lowest BCUT2D eigenvalue weighted by atomic mass is 10.4. The lowest BCUT2D eigenvalue weighted by molar-refractivity contribution is 0.121. The predicted molar refractivity (Wildman–Crippen MR) is 58.8 cm³/mol. The number of methoxy groups -OCH3 is 2. The number of hydrogen-bond acceptors (Lipinski definition) is 4. The third kappa shape index (κ3) is 2.29. The minimum atomic E-state index is -0.536. The summed E-state index contributed by atoms with van der Waals surface area (Å²) in [5.41, 5.74) is -0.613. The van der Waals surface area contributed by atoms with Crippen molar-refractivity contribution in [1.82, 2.24) is 9.13 Å². The van der Waals surface area contributed by atoms with Crippen molar-refractivity contribution in [2.45, 2.75) is 6.73 Å². The Bertz CT molecular complexity index is 487. The van der Waals surface area contributed by atoms with Crippen molar-refractivity contribution in [1.29, 1.82) is 0 Å². The van der Waals surface area contributed by atoms with Gasteiger partial charge >= 0.3 is 5.69 Å². The Balaban J connectivity index is 3.45. The highest BCUT2D eigenvalue weighted by Gasteiger charge is 2.09. The summed E-state index contributed by atoms with van der Waals surface area (Å²) in [6, 6.07) is 1.28. The van der Waals surface area contributed by atoms with Gasteiger partial charge in [0.15, 0.2) is 6.73 Å². The number of nitrogens with zero attached hydrogens (tertiary/aromatic N) is 2. The molecule has 0 aliphatic carbocycles. The van der Waals surface area contributed by atoms with Gasteiger partial charge in [-0.15, -0.1) is 0 Å². The van der Waals surface area contributed by atoms with E-state index in [4.69, 9.17) is 9.47 Å². The van der Waals surface area contributed by atoms with E-state index in [9.17, 15) is 9.59 Å². The largest absolute Gasteiger partial charge is 0.364 e. The first-order chi connectivity index (χ1) is 7.65. The van der Waals surface area contributed by atoms with Crippen LogP contribution in [0.25, 0.3) is 6.08 Å². The van der Waals surface area contributed by atoms with E-state index in [0.717, 1.165) is 4.57 Å². The number of ether oxygens (including phenoxy) is 2. The van der Waals surface area contributed by atoms with Crippen molar-refractivity contribution >= 4 is 6.08 Å². The maximum atomic E-state index is 11.8. The van der Waals surface area contributed by atoms with E-state index >= 15 is 0 Å². The van der Waals surface area contributed by atoms with Crippen LogP contribution in [0.1, 0.15) is 5.69 Å². The second kappa shape index (κ2) is 5.43. The van der Waals surface area contributed by atoms with Gasteiger partial charge in [0.1, 0.15) is 6.73 Å². The summed E-state index contributed by atoms with van der Waals surface area (Å²) >= 11 is 0. The Morgan fingerprint density at radius 2 is 2.12 bits per heavy atom. The molecule has 0 saturated carbocycles. The molecule has 0 amide bonds. The van der Waals surface area contributed by atoms with Gasteiger partial charge in [-0.2, -0.15) is 0 Å². The van der Waals surface area contributed by atoms with Crippen LogP contribution in [0, 0.1) is 6.73 Å². The lowest BCUT2D eigenvalue weighted by Gasteiger charge is -2.10. The molecule has 1 rings (SSSR count). The first-order valence-corrected chi connectivity index (χ1v) is 4.49. The van der Waals surface area contributed by atoms with Crippen LogP contribution in [0.5, 0.6) is 0 Å². The van der Waals surface area contributed by atoms with Crippen LogP contribution >= 0.6 is 0 Å². The molecule has 87 valence electrons. The molecule has 0 aromatic carbocycles. The van der Waals surface area contributed by atoms with Crippen LogP contribution in [0.15, 0.2) is 22.2 Å². The zero-order chi connectivity index (χ0) is 12.1. The molecule has 0 fully saturated rings. The second-order valence-corrected chi connectivity index (χ2v) is 2.95. The van der Waals surface area contributed by atoms with Gasteiger partial charge < -0.3 is 9.47 Å². The molecule has 1 aromatic heterocycles. The molecular weight excluding hydrogens is 212 g/mol. The first kappa shape index (κ1) is 12.4. The van der Waals surface area contributed by atoms with Crippen molar-refractivity contribution in [2.24, 2.45) is 0 Å². The zero-order valence-electron chi connectivity index (χ0n) is 9.17. The van der Waals surface area contributed by atoms with Crippen molar-refractivity contribution in [3.05, 3.63) is 45.9 Å². The molecule has 0 N–H and O–H groups in total. The first-order valence-electron chi connectivity index (χ1n) is 4.49. The van der Waals surface area contributed by atoms with E-state index in [2.05, 4.69) is 6.58 Å². The fraction of sp³-hybridized carbons (Fsp3) is 0.300. The van der Waals surface area contributed by atoms with Gasteiger partial charge in [-0.3, -0.25) is 9.36 Å². The summed E-state index contributed by atoms with van der Waals surface area (Å²) < 4.78 is 11.6. The molecule has 1 aromatic rings. The van der Waals surface area contributed by atoms with Gasteiger partial charge in [-0.05, 0) is 6.08 Å². The van der Waals surface area contributed by atoms with Crippen molar-refractivity contribution in [3.8, 4) is 0 Å². The van der Waals surface area contributed by atoms with Gasteiger partial charge in [0, 0.05) is 20.3 Å². The highest BCUT2D eigenvalue weighted by molar-refractivity contribution is 5.41. The van der Waals surface area contributed by atoms with E-state index in [1.807, 2.05) is 0 Å². The van der Waals surface area contributed by atoms with E-state index in [0.29, 0.717) is 5.69 Å². The average molecular weight is 225 g/mol. The monoisotopic (exact) mass is 225 g/mol. The summed E-state index contributed by atoms with van der Waals surface area (Å²) in [7, 11) is 2.81. The Kier molecular flexibility index (Phi) is 4.21. The molecule has 0 atom stereocenters. The third-order valence-corrected chi connectivity index (χ3v) is 1.93. The predicted octanol–water partition coefficient (Wildman–Crippen LogP) is -0.129. The zero-order valence-corrected chi connectivity index (χ0v) is 9.17. The summed E-state index contributed by atoms with van der Waals surface area (Å²) in [6.45, 7) is 4.61. The Hall–Kier alpha value is -1.66. The van der Waals surface area contributed by atoms with Crippen LogP contribution in [-0.2, 0) is 16.2 Å². The Morgan fingerprint density at radius 1 is 1.44 bits per heavy atom. The molecule has 1 radical (unpaired) electrons. The average Bonchev–Trinajstić information content (AvgIpc) is 2.28. The number of aromatic nitrogens is 2. The molecule has 16 heavy (non-hydrogen) atoms. The molecule has 6 nitrogen and oxygen atoms in total. The molecule has 0 aliphatic heterocycles. The fourth-order valence-corrected chi connectivity index (χ4v) is 1.23. The van der Waals surface area contributed by atoms with Gasteiger partial charge in [-0.1, -0.05) is 6.58 Å². The Morgan fingerprint density at radius 3 is 2.62 bits per heavy atom. The smallest absolute Gasteiger partial charge is 0.335 e. The third-order valence-electron chi connectivity index (χ3n) is 1.93. The number of hydrogen-bond donors (Lipinski definition) is 0. The summed E-state index contributed by atoms with van der Waals surface area (Å²) in [6.07, 6.45) is 1.40. The van der Waals surface area contributed by atoms with Gasteiger partial charge in [0.25, 0.3) is 5.56 Å². The van der Waals surface area contributed by atoms with E-state index < -0.39 is 11.2 Å². The van der Waals surface area contributed by atoms with Crippen LogP contribution in [0.4, 0.5) is 0 Å². The minimum absolute atomic E-state index is 0.105. The van der Waals surface area contributed by atoms with Gasteiger partial charge in [0.05, 0.1) is 5.69 Å². The van der Waals surface area contributed by atoms with Crippen LogP contribution in [0.2, 0.25) is 0 Å². The maximum absolute atomic E-state index is 11.8. The molecule has 0 saturated heterocycles. The van der Waals surface area contributed by atoms with Crippen LogP contribution < -0.4 is 11.2 Å². The van der Waals surface area contributed by atoms with Crippen LogP contribution in [-0.4, -0.2) is 23.4 Å². The van der Waals surface area contributed by atoms with E-state index in [1.54, 1.807) is 0 Å². The van der Waals surface area contributed by atoms with Gasteiger partial charge in [-0.25, -0.2) is 9.36 Å². The topological polar surface area (TPSA) is 62.5 Å². The van der Waals surface area contributed by atoms with E-state index in [-0.39, 0.29) is 6.73 Å². The molecule has 0 aliphatic rings. The minimum Gasteiger partial charge on any atom is -0.364 e. The summed E-state index contributed by atoms with van der Waals surface area (Å²) in [4.78, 5) is 23.4. The Labute approximate surface area is 92.3 Å². The molecule has 0 unspecified atom stereocenters.